The first-order chi connectivity index (χ1) is 31.2. The molecular weight excluding hydrogens is 787 g/mol. The van der Waals surface area contributed by atoms with Crippen molar-refractivity contribution in [1.29, 1.82) is 0 Å². The van der Waals surface area contributed by atoms with Crippen LogP contribution < -0.4 is 0 Å². The van der Waals surface area contributed by atoms with Crippen LogP contribution in [0.2, 0.25) is 0 Å². The normalized spacial score (nSPS) is 11.8. The first-order valence-electron chi connectivity index (χ1n) is 21.2. The highest BCUT2D eigenvalue weighted by atomic mass is 32.1. The molecule has 5 nitrogen and oxygen atoms in total. The highest BCUT2D eigenvalue weighted by Gasteiger charge is 2.19. The highest BCUT2D eigenvalue weighted by Crippen LogP contribution is 2.43. The van der Waals surface area contributed by atoms with Gasteiger partial charge in [0.25, 0.3) is 0 Å². The second kappa shape index (κ2) is 14.2. The van der Waals surface area contributed by atoms with Crippen molar-refractivity contribution in [3.63, 3.8) is 0 Å². The van der Waals surface area contributed by atoms with E-state index < -0.39 is 0 Å². The van der Waals surface area contributed by atoms with E-state index >= 15 is 0 Å². The topological polar surface area (TPSA) is 48.5 Å². The van der Waals surface area contributed by atoms with Gasteiger partial charge in [0.1, 0.15) is 0 Å². The number of nitrogens with zero attached hydrogens (tertiary/aromatic N) is 5. The Hall–Kier alpha value is -8.19. The number of hydrogen-bond acceptors (Lipinski definition) is 4. The van der Waals surface area contributed by atoms with Crippen molar-refractivity contribution in [2.24, 2.45) is 0 Å². The summed E-state index contributed by atoms with van der Waals surface area (Å²) in [5, 5.41) is 7.49. The maximum atomic E-state index is 5.06. The molecule has 4 aromatic heterocycles. The van der Waals surface area contributed by atoms with E-state index in [-0.39, 0.29) is 0 Å². The lowest BCUT2D eigenvalue weighted by Gasteiger charge is -2.11. The van der Waals surface area contributed by atoms with Crippen LogP contribution in [-0.2, 0) is 0 Å². The van der Waals surface area contributed by atoms with Crippen LogP contribution in [0.1, 0.15) is 0 Å². The molecule has 0 spiro atoms. The van der Waals surface area contributed by atoms with Gasteiger partial charge >= 0.3 is 0 Å². The maximum Gasteiger partial charge on any atom is 0.164 e. The fourth-order valence-electron chi connectivity index (χ4n) is 9.43. The van der Waals surface area contributed by atoms with Gasteiger partial charge in [-0.05, 0) is 71.8 Å². The van der Waals surface area contributed by atoms with Gasteiger partial charge in [0.05, 0.1) is 22.1 Å². The number of rotatable bonds is 6. The maximum absolute atomic E-state index is 5.06. The Morgan fingerprint density at radius 3 is 1.44 bits per heavy atom. The predicted octanol–water partition coefficient (Wildman–Crippen LogP) is 15.1. The minimum absolute atomic E-state index is 0.632. The number of fused-ring (bicyclic) bond motifs is 9. The Balaban J connectivity index is 0.959. The van der Waals surface area contributed by atoms with E-state index in [1.165, 1.54) is 63.9 Å². The highest BCUT2D eigenvalue weighted by molar-refractivity contribution is 7.25. The molecule has 0 fully saturated rings. The van der Waals surface area contributed by atoms with Gasteiger partial charge in [-0.2, -0.15) is 0 Å². The summed E-state index contributed by atoms with van der Waals surface area (Å²) in [6.45, 7) is 0. The summed E-state index contributed by atoms with van der Waals surface area (Å²) in [5.74, 6) is 1.92. The van der Waals surface area contributed by atoms with Crippen LogP contribution in [0.5, 0.6) is 0 Å². The van der Waals surface area contributed by atoms with E-state index in [2.05, 4.69) is 161 Å². The molecule has 0 bridgehead atoms. The molecule has 0 N–H and O–H groups in total. The molecule has 0 atom stereocenters. The third kappa shape index (κ3) is 5.80. The molecule has 9 aromatic carbocycles. The van der Waals surface area contributed by atoms with E-state index in [4.69, 9.17) is 15.0 Å². The second-order valence-electron chi connectivity index (χ2n) is 16.0. The number of aromatic nitrogens is 5. The summed E-state index contributed by atoms with van der Waals surface area (Å²) < 4.78 is 7.33. The molecule has 0 amide bonds. The predicted molar refractivity (Wildman–Crippen MR) is 263 cm³/mol. The molecule has 63 heavy (non-hydrogen) atoms. The fourth-order valence-corrected chi connectivity index (χ4v) is 10.6. The summed E-state index contributed by atoms with van der Waals surface area (Å²) >= 11 is 1.86. The average molecular weight is 822 g/mol. The molecule has 6 heteroatoms. The third-order valence-electron chi connectivity index (χ3n) is 12.3. The van der Waals surface area contributed by atoms with E-state index in [0.717, 1.165) is 39.1 Å². The van der Waals surface area contributed by atoms with Gasteiger partial charge in [0.15, 0.2) is 17.5 Å². The molecule has 294 valence electrons. The van der Waals surface area contributed by atoms with Crippen LogP contribution in [0.4, 0.5) is 0 Å². The molecular formula is C57H35N5S. The van der Waals surface area contributed by atoms with E-state index in [0.29, 0.717) is 17.5 Å². The smallest absolute Gasteiger partial charge is 0.164 e. The molecule has 4 heterocycles. The zero-order chi connectivity index (χ0) is 41.4. The number of benzene rings is 9. The van der Waals surface area contributed by atoms with Gasteiger partial charge in [-0.15, -0.1) is 11.3 Å². The summed E-state index contributed by atoms with van der Waals surface area (Å²) in [4.78, 5) is 15.0. The Labute approximate surface area is 366 Å². The Morgan fingerprint density at radius 1 is 0.270 bits per heavy atom. The Bertz CT molecular complexity index is 3850. The average Bonchev–Trinajstić information content (AvgIpc) is 4.00. The lowest BCUT2D eigenvalue weighted by molar-refractivity contribution is 1.07. The van der Waals surface area contributed by atoms with Crippen molar-refractivity contribution in [2.75, 3.05) is 0 Å². The first-order valence-corrected chi connectivity index (χ1v) is 22.0. The SMILES string of the molecule is c1ccc(-c2ccc3c(c2)c2ccccc2n3-c2ccc3c(c2)sc2cc4c(cc23)c2ccccc2n4-c2cccc(-c3nc(-c4ccccc4)nc(-c4ccccc4)n3)c2)cc1. The molecule has 0 aliphatic rings. The monoisotopic (exact) mass is 821 g/mol. The lowest BCUT2D eigenvalue weighted by Crippen LogP contribution is -2.01. The van der Waals surface area contributed by atoms with Crippen LogP contribution in [0, 0.1) is 0 Å². The quantitative estimate of drug-likeness (QED) is 0.168. The van der Waals surface area contributed by atoms with Crippen LogP contribution >= 0.6 is 11.3 Å². The Morgan fingerprint density at radius 2 is 0.778 bits per heavy atom. The second-order valence-corrected chi connectivity index (χ2v) is 17.1. The zero-order valence-corrected chi connectivity index (χ0v) is 34.7. The van der Waals surface area contributed by atoms with Gasteiger partial charge in [-0.25, -0.2) is 15.0 Å². The van der Waals surface area contributed by atoms with E-state index in [1.807, 2.05) is 72.0 Å². The van der Waals surface area contributed by atoms with Crippen molar-refractivity contribution < 1.29 is 0 Å². The molecule has 0 saturated carbocycles. The summed E-state index contributed by atoms with van der Waals surface area (Å²) in [5.41, 5.74) is 12.2. The molecule has 13 aromatic rings. The lowest BCUT2D eigenvalue weighted by atomic mass is 10.0. The van der Waals surface area contributed by atoms with Crippen molar-refractivity contribution in [3.8, 4) is 56.7 Å². The molecule has 0 aliphatic carbocycles. The fraction of sp³-hybridized carbons (Fsp3) is 0. The number of hydrogen-bond donors (Lipinski definition) is 0. The van der Waals surface area contributed by atoms with Gasteiger partial charge in [0.2, 0.25) is 0 Å². The van der Waals surface area contributed by atoms with Gasteiger partial charge in [-0.3, -0.25) is 0 Å². The minimum Gasteiger partial charge on any atom is -0.309 e. The number of para-hydroxylation sites is 2. The first kappa shape index (κ1) is 35.6. The van der Waals surface area contributed by atoms with Gasteiger partial charge in [0, 0.05) is 69.8 Å². The number of thiophene rings is 1. The third-order valence-corrected chi connectivity index (χ3v) is 13.5. The van der Waals surface area contributed by atoms with E-state index in [9.17, 15) is 0 Å². The van der Waals surface area contributed by atoms with Crippen LogP contribution in [-0.4, -0.2) is 24.1 Å². The van der Waals surface area contributed by atoms with Crippen LogP contribution in [0.3, 0.4) is 0 Å². The van der Waals surface area contributed by atoms with Gasteiger partial charge < -0.3 is 9.13 Å². The van der Waals surface area contributed by atoms with Gasteiger partial charge in [-0.1, -0.05) is 152 Å². The summed E-state index contributed by atoms with van der Waals surface area (Å²) in [6, 6.07) is 75.7. The van der Waals surface area contributed by atoms with Crippen molar-refractivity contribution >= 4 is 75.1 Å². The van der Waals surface area contributed by atoms with Crippen LogP contribution in [0.15, 0.2) is 212 Å². The zero-order valence-electron chi connectivity index (χ0n) is 33.9. The molecule has 0 unspecified atom stereocenters. The van der Waals surface area contributed by atoms with E-state index in [1.54, 1.807) is 0 Å². The molecule has 0 radical (unpaired) electrons. The van der Waals surface area contributed by atoms with Crippen molar-refractivity contribution in [3.05, 3.63) is 212 Å². The van der Waals surface area contributed by atoms with Crippen molar-refractivity contribution in [1.82, 2.24) is 24.1 Å². The molecule has 0 aliphatic heterocycles. The standard InChI is InChI=1S/C57H35N5S/c1-4-15-36(16-5-1)39-27-30-51-46(32-39)43-23-10-12-25-49(43)61(51)42-28-29-45-48-34-47-44-24-11-13-26-50(44)62(52(47)35-54(48)63-53(45)33-42)41-22-14-21-40(31-41)57-59-55(37-17-6-2-7-18-37)58-56(60-57)38-19-8-3-9-20-38/h1-35H. The Kier molecular flexibility index (Phi) is 8.01. The molecule has 13 rings (SSSR count). The van der Waals surface area contributed by atoms with Crippen molar-refractivity contribution in [2.45, 2.75) is 0 Å². The van der Waals surface area contributed by atoms with Crippen LogP contribution in [0.25, 0.3) is 120 Å². The molecule has 0 saturated heterocycles. The largest absolute Gasteiger partial charge is 0.309 e. The summed E-state index contributed by atoms with van der Waals surface area (Å²) in [6.07, 6.45) is 0. The summed E-state index contributed by atoms with van der Waals surface area (Å²) in [7, 11) is 0. The minimum atomic E-state index is 0.632.